The van der Waals surface area contributed by atoms with Crippen molar-refractivity contribution in [2.45, 2.75) is 27.5 Å². The Morgan fingerprint density at radius 1 is 1.37 bits per heavy atom. The van der Waals surface area contributed by atoms with Crippen molar-refractivity contribution in [3.63, 3.8) is 0 Å². The lowest BCUT2D eigenvalue weighted by atomic mass is 10.0. The van der Waals surface area contributed by atoms with Crippen LogP contribution in [0.3, 0.4) is 0 Å². The van der Waals surface area contributed by atoms with Gasteiger partial charge < -0.3 is 15.3 Å². The first-order chi connectivity index (χ1) is 18.1. The highest BCUT2D eigenvalue weighted by Gasteiger charge is 2.54. The van der Waals surface area contributed by atoms with Gasteiger partial charge in [0.05, 0.1) is 0 Å². The van der Waals surface area contributed by atoms with Gasteiger partial charge in [0.25, 0.3) is 17.7 Å². The molecule has 0 radical (unpaired) electrons. The van der Waals surface area contributed by atoms with Crippen LogP contribution >= 0.6 is 69.4 Å². The first-order valence-electron chi connectivity index (χ1n) is 10.4. The number of β-lactam (4-membered cyclic amide) rings is 1. The van der Waals surface area contributed by atoms with Crippen molar-refractivity contribution in [1.82, 2.24) is 25.4 Å². The number of hydrogen-bond acceptors (Lipinski definition) is 13. The number of carboxylic acids is 1. The third kappa shape index (κ3) is 6.07. The minimum absolute atomic E-state index is 0.0719. The van der Waals surface area contributed by atoms with Gasteiger partial charge >= 0.3 is 5.97 Å². The molecular formula is C19H17Cl2N7O6S4. The lowest BCUT2D eigenvalue weighted by Gasteiger charge is -2.49. The highest BCUT2D eigenvalue weighted by molar-refractivity contribution is 8.01. The summed E-state index contributed by atoms with van der Waals surface area (Å²) in [7, 11) is 1.23. The van der Waals surface area contributed by atoms with Gasteiger partial charge in [-0.2, -0.15) is 0 Å². The molecule has 3 amide bonds. The molecule has 2 aliphatic heterocycles. The molecule has 19 heteroatoms. The number of anilines is 1. The fourth-order valence-electron chi connectivity index (χ4n) is 3.39. The number of nitrogens with zero attached hydrogens (tertiary/aromatic N) is 5. The van der Waals surface area contributed by atoms with Crippen LogP contribution in [0.5, 0.6) is 0 Å². The van der Waals surface area contributed by atoms with Crippen molar-refractivity contribution >= 4 is 104 Å². The van der Waals surface area contributed by atoms with Crippen LogP contribution in [-0.4, -0.2) is 89.5 Å². The summed E-state index contributed by atoms with van der Waals surface area (Å²) in [5.41, 5.74) is 0.302. The van der Waals surface area contributed by atoms with Crippen molar-refractivity contribution in [3.05, 3.63) is 27.4 Å². The summed E-state index contributed by atoms with van der Waals surface area (Å²) < 4.78 is 0.701. The van der Waals surface area contributed by atoms with Crippen molar-refractivity contribution in [3.8, 4) is 0 Å². The summed E-state index contributed by atoms with van der Waals surface area (Å²) in [6, 6.07) is -0.991. The van der Waals surface area contributed by atoms with E-state index in [9.17, 15) is 24.3 Å². The van der Waals surface area contributed by atoms with Crippen LogP contribution in [0.15, 0.2) is 26.1 Å². The summed E-state index contributed by atoms with van der Waals surface area (Å²) in [5, 5.41) is 28.3. The minimum Gasteiger partial charge on any atom is -0.477 e. The van der Waals surface area contributed by atoms with Crippen LogP contribution in [-0.2, 0) is 24.0 Å². The van der Waals surface area contributed by atoms with Gasteiger partial charge in [0.2, 0.25) is 0 Å². The van der Waals surface area contributed by atoms with Gasteiger partial charge in [-0.05, 0) is 12.5 Å². The standard InChI is InChI=1S/C19H17Cl2N7O6S4/c1-6-25-26-19(38-6)37-4-7-3-35-16-10(15(31)28(16)11(7)17(32)33)23-13(29)9(27-34-2)8-5-36-18(22-8)24-14(30)12(20)21/h5,10,12,16H,3-4H2,1-2H3,(H,23,29)(H,32,33)(H,22,24,30)/b27-9-/t10-,16+/m1/s1. The molecule has 38 heavy (non-hydrogen) atoms. The molecule has 0 aliphatic carbocycles. The number of alkyl halides is 2. The monoisotopic (exact) mass is 637 g/mol. The van der Waals surface area contributed by atoms with Gasteiger partial charge in [-0.1, -0.05) is 51.5 Å². The zero-order valence-corrected chi connectivity index (χ0v) is 24.1. The van der Waals surface area contributed by atoms with Gasteiger partial charge in [0.1, 0.15) is 34.9 Å². The highest BCUT2D eigenvalue weighted by atomic mass is 35.5. The normalized spacial score (nSPS) is 19.2. The third-order valence-corrected chi connectivity index (χ3v) is 9.54. The molecule has 13 nitrogen and oxygen atoms in total. The number of thiazole rings is 1. The topological polar surface area (TPSA) is 176 Å². The second kappa shape index (κ2) is 12.2. The van der Waals surface area contributed by atoms with Crippen molar-refractivity contribution in [1.29, 1.82) is 0 Å². The van der Waals surface area contributed by atoms with Crippen LogP contribution in [0, 0.1) is 6.92 Å². The van der Waals surface area contributed by atoms with Gasteiger partial charge in [0.15, 0.2) is 20.0 Å². The lowest BCUT2D eigenvalue weighted by molar-refractivity contribution is -0.150. The van der Waals surface area contributed by atoms with E-state index < -0.39 is 39.9 Å². The number of thioether (sulfide) groups is 2. The zero-order chi connectivity index (χ0) is 27.6. The second-order valence-electron chi connectivity index (χ2n) is 7.44. The Bertz CT molecular complexity index is 1350. The molecule has 4 rings (SSSR count). The first kappa shape index (κ1) is 28.6. The number of halogens is 2. The number of fused-ring (bicyclic) bond motifs is 1. The van der Waals surface area contributed by atoms with E-state index in [0.29, 0.717) is 21.4 Å². The Morgan fingerprint density at radius 3 is 2.76 bits per heavy atom. The molecule has 202 valence electrons. The van der Waals surface area contributed by atoms with E-state index in [0.717, 1.165) is 16.3 Å². The van der Waals surface area contributed by atoms with Gasteiger partial charge in [-0.3, -0.25) is 24.6 Å². The average Bonchev–Trinajstić information content (AvgIpc) is 3.51. The third-order valence-electron chi connectivity index (χ3n) is 4.99. The number of aryl methyl sites for hydroxylation is 1. The molecule has 2 aromatic heterocycles. The van der Waals surface area contributed by atoms with Gasteiger partial charge in [-0.15, -0.1) is 33.3 Å². The second-order valence-corrected chi connectivity index (χ2v) is 12.9. The largest absolute Gasteiger partial charge is 0.477 e. The van der Waals surface area contributed by atoms with Crippen LogP contribution in [0.4, 0.5) is 5.13 Å². The number of oxime groups is 1. The van der Waals surface area contributed by atoms with E-state index in [-0.39, 0.29) is 22.2 Å². The number of amides is 3. The summed E-state index contributed by atoms with van der Waals surface area (Å²) >= 11 is 16.1. The lowest BCUT2D eigenvalue weighted by Crippen LogP contribution is -2.71. The molecule has 2 atom stereocenters. The van der Waals surface area contributed by atoms with Gasteiger partial charge in [-0.25, -0.2) is 9.78 Å². The molecule has 1 fully saturated rings. The summed E-state index contributed by atoms with van der Waals surface area (Å²) in [5.74, 6) is -2.58. The van der Waals surface area contributed by atoms with Crippen molar-refractivity contribution in [2.75, 3.05) is 23.9 Å². The quantitative estimate of drug-likeness (QED) is 0.114. The molecule has 2 aliphatic rings. The Balaban J connectivity index is 1.46. The molecule has 0 spiro atoms. The molecule has 0 unspecified atom stereocenters. The smallest absolute Gasteiger partial charge is 0.352 e. The van der Waals surface area contributed by atoms with Crippen molar-refractivity contribution in [2.24, 2.45) is 5.16 Å². The SMILES string of the molecule is CO/N=C(\C(=O)N[C@@H]1C(=O)N2C(C(=O)O)=C(CSc3nnc(C)s3)CS[C@@H]12)c1csc(NC(=O)C(Cl)Cl)n1. The molecular weight excluding hydrogens is 621 g/mol. The zero-order valence-electron chi connectivity index (χ0n) is 19.3. The Kier molecular flexibility index (Phi) is 9.15. The van der Waals surface area contributed by atoms with E-state index in [1.807, 2.05) is 6.92 Å². The maximum atomic E-state index is 13.0. The Morgan fingerprint density at radius 2 is 2.13 bits per heavy atom. The average molecular weight is 639 g/mol. The maximum Gasteiger partial charge on any atom is 0.352 e. The van der Waals surface area contributed by atoms with Crippen LogP contribution in [0.25, 0.3) is 0 Å². The summed E-state index contributed by atoms with van der Waals surface area (Å²) in [4.78, 5) is 58.5. The summed E-state index contributed by atoms with van der Waals surface area (Å²) in [6.45, 7) is 1.82. The highest BCUT2D eigenvalue weighted by Crippen LogP contribution is 2.41. The molecule has 2 aromatic rings. The fraction of sp³-hybridized carbons (Fsp3) is 0.368. The molecule has 3 N–H and O–H groups in total. The fourth-order valence-corrected chi connectivity index (χ4v) is 7.49. The van der Waals surface area contributed by atoms with Crippen LogP contribution in [0.2, 0.25) is 0 Å². The maximum absolute atomic E-state index is 13.0. The molecule has 0 saturated carbocycles. The number of hydrogen-bond donors (Lipinski definition) is 3. The predicted molar refractivity (Wildman–Crippen MR) is 145 cm³/mol. The van der Waals surface area contributed by atoms with E-state index >= 15 is 0 Å². The number of carbonyl (C=O) groups excluding carboxylic acids is 3. The van der Waals surface area contributed by atoms with Crippen LogP contribution < -0.4 is 10.6 Å². The number of rotatable bonds is 10. The first-order valence-corrected chi connectivity index (χ1v) is 15.0. The molecule has 0 aromatic carbocycles. The predicted octanol–water partition coefficient (Wildman–Crippen LogP) is 1.93. The molecule has 0 bridgehead atoms. The number of carbonyl (C=O) groups is 4. The van der Waals surface area contributed by atoms with Crippen LogP contribution in [0.1, 0.15) is 10.7 Å². The molecule has 1 saturated heterocycles. The number of aromatic nitrogens is 3. The Hall–Kier alpha value is -2.44. The number of aliphatic carboxylic acids is 1. The number of carboxylic acid groups (broad SMARTS) is 1. The van der Waals surface area contributed by atoms with Crippen molar-refractivity contribution < 1.29 is 29.1 Å². The van der Waals surface area contributed by atoms with E-state index in [1.54, 1.807) is 0 Å². The van der Waals surface area contributed by atoms with E-state index in [2.05, 4.69) is 31.0 Å². The number of nitrogens with one attached hydrogen (secondary N) is 2. The van der Waals surface area contributed by atoms with Gasteiger partial charge in [0, 0.05) is 16.9 Å². The summed E-state index contributed by atoms with van der Waals surface area (Å²) in [6.07, 6.45) is 0. The van der Waals surface area contributed by atoms with E-state index in [4.69, 9.17) is 28.0 Å². The Labute approximate surface area is 241 Å². The van der Waals surface area contributed by atoms with E-state index in [1.165, 1.54) is 52.3 Å². The minimum atomic E-state index is -1.31. The molecule has 4 heterocycles.